The van der Waals surface area contributed by atoms with Crippen LogP contribution in [-0.4, -0.2) is 36.6 Å². The van der Waals surface area contributed by atoms with Gasteiger partial charge in [0.25, 0.3) is 0 Å². The molecule has 5 heteroatoms. The van der Waals surface area contributed by atoms with Crippen molar-refractivity contribution in [3.63, 3.8) is 0 Å². The van der Waals surface area contributed by atoms with Crippen LogP contribution < -0.4 is 5.32 Å². The van der Waals surface area contributed by atoms with Crippen molar-refractivity contribution in [3.05, 3.63) is 40.4 Å². The fourth-order valence-electron chi connectivity index (χ4n) is 2.98. The van der Waals surface area contributed by atoms with Crippen LogP contribution in [0.4, 0.5) is 0 Å². The Morgan fingerprint density at radius 1 is 1.22 bits per heavy atom. The predicted molar refractivity (Wildman–Crippen MR) is 93.0 cm³/mol. The number of aliphatic hydroxyl groups is 1. The van der Waals surface area contributed by atoms with E-state index >= 15 is 0 Å². The lowest BCUT2D eigenvalue weighted by molar-refractivity contribution is 0.00578. The average Bonchev–Trinajstić information content (AvgIpc) is 2.72. The molecule has 1 aromatic rings. The molecule has 0 aromatic heterocycles. The third-order valence-electron chi connectivity index (χ3n) is 5.21. The van der Waals surface area contributed by atoms with E-state index in [1.54, 1.807) is 0 Å². The molecule has 1 aromatic carbocycles. The Labute approximate surface area is 139 Å². The monoisotopic (exact) mass is 315 g/mol. The molecule has 2 aliphatic heterocycles. The molecule has 0 amide bonds. The van der Waals surface area contributed by atoms with Crippen molar-refractivity contribution in [3.8, 4) is 0 Å². The van der Waals surface area contributed by atoms with E-state index in [1.807, 2.05) is 33.8 Å². The molecule has 4 nitrogen and oxygen atoms in total. The van der Waals surface area contributed by atoms with Crippen molar-refractivity contribution in [2.24, 2.45) is 0 Å². The minimum absolute atomic E-state index is 0.0739. The highest BCUT2D eigenvalue weighted by Crippen LogP contribution is 2.38. The molecule has 2 heterocycles. The van der Waals surface area contributed by atoms with Gasteiger partial charge in [0.2, 0.25) is 0 Å². The Kier molecular flexibility index (Phi) is 4.40. The Morgan fingerprint density at radius 3 is 2.57 bits per heavy atom. The summed E-state index contributed by atoms with van der Waals surface area (Å²) in [5.41, 5.74) is 3.79. The summed E-state index contributed by atoms with van der Waals surface area (Å²) in [6.45, 7) is 9.96. The van der Waals surface area contributed by atoms with Gasteiger partial charge in [0.05, 0.1) is 17.8 Å². The SMILES string of the molecule is CC1(C)OB(C(=Cc2ccc3c(c2)CCNC3)CO)OC1(C)C. The molecule has 0 atom stereocenters. The summed E-state index contributed by atoms with van der Waals surface area (Å²) in [7, 11) is -0.498. The normalized spacial score (nSPS) is 23.0. The molecule has 3 rings (SSSR count). The molecule has 1 saturated heterocycles. The van der Waals surface area contributed by atoms with E-state index in [9.17, 15) is 5.11 Å². The summed E-state index contributed by atoms with van der Waals surface area (Å²) < 4.78 is 12.1. The maximum Gasteiger partial charge on any atom is 0.492 e. The van der Waals surface area contributed by atoms with Crippen LogP contribution in [0.1, 0.15) is 44.4 Å². The van der Waals surface area contributed by atoms with Gasteiger partial charge in [0.15, 0.2) is 0 Å². The van der Waals surface area contributed by atoms with Gasteiger partial charge in [-0.2, -0.15) is 0 Å². The van der Waals surface area contributed by atoms with Gasteiger partial charge >= 0.3 is 7.12 Å². The first-order valence-electron chi connectivity index (χ1n) is 8.32. The predicted octanol–water partition coefficient (Wildman–Crippen LogP) is 2.34. The van der Waals surface area contributed by atoms with Crippen molar-refractivity contribution < 1.29 is 14.4 Å². The van der Waals surface area contributed by atoms with Crippen molar-refractivity contribution in [2.45, 2.75) is 51.9 Å². The minimum Gasteiger partial charge on any atom is -0.400 e. The maximum absolute atomic E-state index is 9.79. The van der Waals surface area contributed by atoms with E-state index in [2.05, 4.69) is 23.5 Å². The van der Waals surface area contributed by atoms with Gasteiger partial charge in [0.1, 0.15) is 0 Å². The summed E-state index contributed by atoms with van der Waals surface area (Å²) in [6, 6.07) is 6.45. The van der Waals surface area contributed by atoms with Crippen LogP contribution in [0.3, 0.4) is 0 Å². The highest BCUT2D eigenvalue weighted by Gasteiger charge is 2.52. The zero-order chi connectivity index (χ0) is 16.7. The molecule has 0 radical (unpaired) electrons. The van der Waals surface area contributed by atoms with Crippen molar-refractivity contribution in [2.75, 3.05) is 13.2 Å². The van der Waals surface area contributed by atoms with E-state index in [0.717, 1.165) is 30.5 Å². The van der Waals surface area contributed by atoms with Gasteiger partial charge < -0.3 is 19.7 Å². The van der Waals surface area contributed by atoms with Crippen LogP contribution in [0.2, 0.25) is 0 Å². The van der Waals surface area contributed by atoms with Crippen molar-refractivity contribution in [1.29, 1.82) is 0 Å². The Bertz CT molecular complexity index is 609. The summed E-state index contributed by atoms with van der Waals surface area (Å²) in [5, 5.41) is 13.2. The van der Waals surface area contributed by atoms with E-state index in [4.69, 9.17) is 9.31 Å². The third kappa shape index (κ3) is 3.24. The van der Waals surface area contributed by atoms with Crippen LogP contribution in [0.5, 0.6) is 0 Å². The standard InChI is InChI=1S/C18H26BNO3/c1-17(2)18(3,4)23-19(22-17)16(12-21)10-13-5-6-15-11-20-8-7-14(15)9-13/h5-6,9-10,20-21H,7-8,11-12H2,1-4H3. The van der Waals surface area contributed by atoms with Crippen LogP contribution in [-0.2, 0) is 22.3 Å². The second kappa shape index (κ2) is 6.06. The summed E-state index contributed by atoms with van der Waals surface area (Å²) in [6.07, 6.45) is 3.03. The van der Waals surface area contributed by atoms with Crippen molar-refractivity contribution in [1.82, 2.24) is 5.32 Å². The smallest absolute Gasteiger partial charge is 0.400 e. The lowest BCUT2D eigenvalue weighted by atomic mass is 9.77. The first-order chi connectivity index (χ1) is 10.8. The van der Waals surface area contributed by atoms with Gasteiger partial charge in [-0.05, 0) is 62.8 Å². The molecule has 0 unspecified atom stereocenters. The summed E-state index contributed by atoms with van der Waals surface area (Å²) in [5.74, 6) is 0. The fraction of sp³-hybridized carbons (Fsp3) is 0.556. The number of nitrogens with one attached hydrogen (secondary N) is 1. The van der Waals surface area contributed by atoms with Gasteiger partial charge in [-0.1, -0.05) is 24.3 Å². The molecule has 0 spiro atoms. The molecule has 0 bridgehead atoms. The second-order valence-electron chi connectivity index (χ2n) is 7.42. The second-order valence-corrected chi connectivity index (χ2v) is 7.42. The molecule has 0 aliphatic carbocycles. The zero-order valence-corrected chi connectivity index (χ0v) is 14.5. The quantitative estimate of drug-likeness (QED) is 0.841. The van der Waals surface area contributed by atoms with Crippen molar-refractivity contribution >= 4 is 13.2 Å². The lowest BCUT2D eigenvalue weighted by Gasteiger charge is -2.32. The topological polar surface area (TPSA) is 50.7 Å². The average molecular weight is 315 g/mol. The van der Waals surface area contributed by atoms with Gasteiger partial charge in [-0.15, -0.1) is 0 Å². The summed E-state index contributed by atoms with van der Waals surface area (Å²) >= 11 is 0. The first kappa shape index (κ1) is 16.7. The molecular weight excluding hydrogens is 289 g/mol. The van der Waals surface area contributed by atoms with E-state index in [1.165, 1.54) is 11.1 Å². The highest BCUT2D eigenvalue weighted by molar-refractivity contribution is 6.55. The largest absolute Gasteiger partial charge is 0.492 e. The van der Waals surface area contributed by atoms with Gasteiger partial charge in [-0.25, -0.2) is 0 Å². The molecule has 124 valence electrons. The molecule has 0 saturated carbocycles. The highest BCUT2D eigenvalue weighted by atomic mass is 16.7. The lowest BCUT2D eigenvalue weighted by Crippen LogP contribution is -2.41. The number of hydrogen-bond acceptors (Lipinski definition) is 4. The Morgan fingerprint density at radius 2 is 1.91 bits per heavy atom. The summed E-state index contributed by atoms with van der Waals surface area (Å²) in [4.78, 5) is 0. The fourth-order valence-corrected chi connectivity index (χ4v) is 2.98. The first-order valence-corrected chi connectivity index (χ1v) is 8.32. The number of hydrogen-bond donors (Lipinski definition) is 2. The molecule has 2 N–H and O–H groups in total. The number of benzene rings is 1. The molecule has 23 heavy (non-hydrogen) atoms. The van der Waals surface area contributed by atoms with Gasteiger partial charge in [0, 0.05) is 6.54 Å². The van der Waals surface area contributed by atoms with E-state index < -0.39 is 18.3 Å². The van der Waals surface area contributed by atoms with E-state index in [0.29, 0.717) is 0 Å². The molecular formula is C18H26BNO3. The molecule has 2 aliphatic rings. The van der Waals surface area contributed by atoms with Crippen LogP contribution in [0.25, 0.3) is 6.08 Å². The zero-order valence-electron chi connectivity index (χ0n) is 14.5. The number of fused-ring (bicyclic) bond motifs is 1. The third-order valence-corrected chi connectivity index (χ3v) is 5.21. The Balaban J connectivity index is 1.85. The maximum atomic E-state index is 9.79. The van der Waals surface area contributed by atoms with E-state index in [-0.39, 0.29) is 6.61 Å². The molecule has 1 fully saturated rings. The minimum atomic E-state index is -0.498. The van der Waals surface area contributed by atoms with Crippen LogP contribution in [0.15, 0.2) is 23.7 Å². The Hall–Kier alpha value is -1.14. The van der Waals surface area contributed by atoms with Gasteiger partial charge in [-0.3, -0.25) is 0 Å². The van der Waals surface area contributed by atoms with Crippen LogP contribution in [0, 0.1) is 0 Å². The number of rotatable bonds is 3. The number of aliphatic hydroxyl groups excluding tert-OH is 1. The van der Waals surface area contributed by atoms with Crippen LogP contribution >= 0.6 is 0 Å².